The molecule has 2 aromatic carbocycles. The number of aromatic nitrogens is 2. The second-order valence-corrected chi connectivity index (χ2v) is 7.64. The van der Waals surface area contributed by atoms with Crippen LogP contribution < -0.4 is 14.4 Å². The smallest absolute Gasteiger partial charge is 0.267 e. The van der Waals surface area contributed by atoms with Gasteiger partial charge in [-0.25, -0.2) is 4.98 Å². The number of pyridine rings is 1. The number of aryl methyl sites for hydroxylation is 1. The lowest BCUT2D eigenvalue weighted by atomic mass is 10.2. The Labute approximate surface area is 178 Å². The van der Waals surface area contributed by atoms with E-state index in [0.29, 0.717) is 23.2 Å². The van der Waals surface area contributed by atoms with Gasteiger partial charge >= 0.3 is 0 Å². The summed E-state index contributed by atoms with van der Waals surface area (Å²) in [4.78, 5) is 23.9. The summed E-state index contributed by atoms with van der Waals surface area (Å²) in [6.07, 6.45) is 1.71. The highest BCUT2D eigenvalue weighted by atomic mass is 32.1. The SMILES string of the molecule is COc1ccc(C)c2sc(N(Cc3ccccn3)C(=O)COc3ccccc3)nc12. The van der Waals surface area contributed by atoms with Crippen LogP contribution in [0.3, 0.4) is 0 Å². The predicted octanol–water partition coefficient (Wildman–Crippen LogP) is 4.62. The van der Waals surface area contributed by atoms with Crippen LogP contribution in [0.25, 0.3) is 10.2 Å². The van der Waals surface area contributed by atoms with E-state index in [1.54, 1.807) is 18.2 Å². The number of anilines is 1. The van der Waals surface area contributed by atoms with Crippen LogP contribution in [-0.2, 0) is 11.3 Å². The second-order valence-electron chi connectivity index (χ2n) is 6.66. The van der Waals surface area contributed by atoms with E-state index in [-0.39, 0.29) is 12.5 Å². The molecule has 0 bridgehead atoms. The van der Waals surface area contributed by atoms with Crippen molar-refractivity contribution in [2.45, 2.75) is 13.5 Å². The van der Waals surface area contributed by atoms with Crippen LogP contribution >= 0.6 is 11.3 Å². The predicted molar refractivity (Wildman–Crippen MR) is 118 cm³/mol. The molecule has 152 valence electrons. The van der Waals surface area contributed by atoms with Crippen molar-refractivity contribution in [2.24, 2.45) is 0 Å². The first-order valence-corrected chi connectivity index (χ1v) is 10.3. The number of carbonyl (C=O) groups is 1. The topological polar surface area (TPSA) is 64.5 Å². The van der Waals surface area contributed by atoms with Crippen LogP contribution in [-0.4, -0.2) is 29.6 Å². The Kier molecular flexibility index (Phi) is 5.90. The molecule has 4 rings (SSSR count). The highest BCUT2D eigenvalue weighted by Crippen LogP contribution is 2.36. The first-order valence-electron chi connectivity index (χ1n) is 9.48. The minimum atomic E-state index is -0.194. The molecule has 0 saturated heterocycles. The number of thiazole rings is 1. The lowest BCUT2D eigenvalue weighted by molar-refractivity contribution is -0.120. The van der Waals surface area contributed by atoms with Crippen LogP contribution in [0.1, 0.15) is 11.3 Å². The number of ether oxygens (including phenoxy) is 2. The molecular weight excluding hydrogens is 398 g/mol. The van der Waals surface area contributed by atoms with Crippen LogP contribution in [0.15, 0.2) is 66.9 Å². The quantitative estimate of drug-likeness (QED) is 0.437. The third-order valence-electron chi connectivity index (χ3n) is 4.60. The van der Waals surface area contributed by atoms with Gasteiger partial charge in [-0.15, -0.1) is 0 Å². The van der Waals surface area contributed by atoms with Gasteiger partial charge in [0.15, 0.2) is 11.7 Å². The van der Waals surface area contributed by atoms with Gasteiger partial charge in [0.25, 0.3) is 5.91 Å². The number of hydrogen-bond donors (Lipinski definition) is 0. The van der Waals surface area contributed by atoms with Crippen LogP contribution in [0.2, 0.25) is 0 Å². The van der Waals surface area contributed by atoms with Gasteiger partial charge in [0.05, 0.1) is 24.0 Å². The number of amides is 1. The summed E-state index contributed by atoms with van der Waals surface area (Å²) in [5.41, 5.74) is 2.61. The Hall–Kier alpha value is -3.45. The van der Waals surface area contributed by atoms with E-state index in [1.165, 1.54) is 11.3 Å². The summed E-state index contributed by atoms with van der Waals surface area (Å²) in [7, 11) is 1.62. The number of methoxy groups -OCH3 is 1. The molecule has 2 heterocycles. The fourth-order valence-corrected chi connectivity index (χ4v) is 4.10. The molecule has 0 fully saturated rings. The van der Waals surface area contributed by atoms with E-state index in [1.807, 2.05) is 67.6 Å². The van der Waals surface area contributed by atoms with Crippen molar-refractivity contribution in [1.29, 1.82) is 0 Å². The summed E-state index contributed by atoms with van der Waals surface area (Å²) in [5, 5.41) is 0.588. The maximum absolute atomic E-state index is 13.1. The zero-order chi connectivity index (χ0) is 20.9. The number of para-hydroxylation sites is 1. The Morgan fingerprint density at radius 1 is 1.07 bits per heavy atom. The molecule has 2 aromatic heterocycles. The van der Waals surface area contributed by atoms with Crippen LogP contribution in [0, 0.1) is 6.92 Å². The molecule has 0 aliphatic rings. The maximum Gasteiger partial charge on any atom is 0.267 e. The van der Waals surface area contributed by atoms with Gasteiger partial charge in [-0.3, -0.25) is 14.7 Å². The van der Waals surface area contributed by atoms with Crippen molar-refractivity contribution in [2.75, 3.05) is 18.6 Å². The first-order chi connectivity index (χ1) is 14.7. The first kappa shape index (κ1) is 19.8. The molecule has 0 unspecified atom stereocenters. The summed E-state index contributed by atoms with van der Waals surface area (Å²) >= 11 is 1.46. The molecular formula is C23H21N3O3S. The fraction of sp³-hybridized carbons (Fsp3) is 0.174. The Balaban J connectivity index is 1.67. The van der Waals surface area contributed by atoms with Gasteiger partial charge in [-0.2, -0.15) is 0 Å². The standard InChI is InChI=1S/C23H21N3O3S/c1-16-11-12-19(28-2)21-22(16)30-23(25-21)26(14-17-8-6-7-13-24-17)20(27)15-29-18-9-4-3-5-10-18/h3-13H,14-15H2,1-2H3. The molecule has 0 radical (unpaired) electrons. The summed E-state index contributed by atoms with van der Waals surface area (Å²) in [6.45, 7) is 2.23. The Morgan fingerprint density at radius 3 is 2.60 bits per heavy atom. The van der Waals surface area contributed by atoms with Crippen molar-refractivity contribution in [1.82, 2.24) is 9.97 Å². The largest absolute Gasteiger partial charge is 0.494 e. The van der Waals surface area contributed by atoms with Crippen molar-refractivity contribution in [3.05, 3.63) is 78.1 Å². The van der Waals surface area contributed by atoms with Crippen LogP contribution in [0.4, 0.5) is 5.13 Å². The van der Waals surface area contributed by atoms with E-state index in [9.17, 15) is 4.79 Å². The van der Waals surface area contributed by atoms with E-state index in [4.69, 9.17) is 14.5 Å². The molecule has 0 saturated carbocycles. The summed E-state index contributed by atoms with van der Waals surface area (Å²) in [5.74, 6) is 1.13. The number of hydrogen-bond acceptors (Lipinski definition) is 6. The van der Waals surface area contributed by atoms with E-state index < -0.39 is 0 Å². The van der Waals surface area contributed by atoms with Gasteiger partial charge in [-0.05, 0) is 42.8 Å². The number of rotatable bonds is 7. The van der Waals surface area contributed by atoms with Crippen molar-refractivity contribution >= 4 is 32.6 Å². The molecule has 7 heteroatoms. The molecule has 30 heavy (non-hydrogen) atoms. The molecule has 1 amide bonds. The van der Waals surface area contributed by atoms with Crippen LogP contribution in [0.5, 0.6) is 11.5 Å². The summed E-state index contributed by atoms with van der Waals surface area (Å²) in [6, 6.07) is 18.8. The van der Waals surface area contributed by atoms with Crippen molar-refractivity contribution in [3.63, 3.8) is 0 Å². The van der Waals surface area contributed by atoms with Gasteiger partial charge in [0.2, 0.25) is 0 Å². The summed E-state index contributed by atoms with van der Waals surface area (Å²) < 4.78 is 12.1. The minimum absolute atomic E-state index is 0.0944. The molecule has 0 spiro atoms. The number of carbonyl (C=O) groups excluding carboxylic acids is 1. The normalized spacial score (nSPS) is 10.7. The van der Waals surface area contributed by atoms with E-state index in [2.05, 4.69) is 4.98 Å². The molecule has 4 aromatic rings. The zero-order valence-electron chi connectivity index (χ0n) is 16.7. The number of fused-ring (bicyclic) bond motifs is 1. The average Bonchev–Trinajstić information content (AvgIpc) is 3.24. The Bertz CT molecular complexity index is 1150. The maximum atomic E-state index is 13.1. The molecule has 0 aliphatic carbocycles. The third kappa shape index (κ3) is 4.26. The molecule has 0 atom stereocenters. The average molecular weight is 420 g/mol. The molecule has 6 nitrogen and oxygen atoms in total. The third-order valence-corrected chi connectivity index (χ3v) is 5.81. The number of nitrogens with zero attached hydrogens (tertiary/aromatic N) is 3. The fourth-order valence-electron chi connectivity index (χ4n) is 3.03. The monoisotopic (exact) mass is 419 g/mol. The highest BCUT2D eigenvalue weighted by molar-refractivity contribution is 7.22. The number of benzene rings is 2. The second kappa shape index (κ2) is 8.92. The molecule has 0 N–H and O–H groups in total. The molecule has 0 aliphatic heterocycles. The van der Waals surface area contributed by atoms with Gasteiger partial charge < -0.3 is 9.47 Å². The minimum Gasteiger partial charge on any atom is -0.494 e. The zero-order valence-corrected chi connectivity index (χ0v) is 17.6. The lowest BCUT2D eigenvalue weighted by Crippen LogP contribution is -2.34. The van der Waals surface area contributed by atoms with Gasteiger partial charge in [0, 0.05) is 6.20 Å². The Morgan fingerprint density at radius 2 is 1.87 bits per heavy atom. The van der Waals surface area contributed by atoms with Gasteiger partial charge in [0.1, 0.15) is 17.0 Å². The van der Waals surface area contributed by atoms with E-state index in [0.717, 1.165) is 21.5 Å². The van der Waals surface area contributed by atoms with Crippen molar-refractivity contribution < 1.29 is 14.3 Å². The lowest BCUT2D eigenvalue weighted by Gasteiger charge is -2.19. The highest BCUT2D eigenvalue weighted by Gasteiger charge is 2.23. The van der Waals surface area contributed by atoms with Crippen molar-refractivity contribution in [3.8, 4) is 11.5 Å². The van der Waals surface area contributed by atoms with E-state index >= 15 is 0 Å². The van der Waals surface area contributed by atoms with Gasteiger partial charge in [-0.1, -0.05) is 41.7 Å².